The van der Waals surface area contributed by atoms with Crippen molar-refractivity contribution in [3.63, 3.8) is 0 Å². The summed E-state index contributed by atoms with van der Waals surface area (Å²) < 4.78 is 11.1. The Balaban J connectivity index is 1.87. The van der Waals surface area contributed by atoms with E-state index in [1.165, 1.54) is 0 Å². The maximum absolute atomic E-state index is 12.6. The minimum absolute atomic E-state index is 0.0162. The zero-order chi connectivity index (χ0) is 13.2. The van der Waals surface area contributed by atoms with Gasteiger partial charge in [-0.3, -0.25) is 4.79 Å². The molecule has 0 aromatic heterocycles. The molecule has 1 atom stereocenters. The van der Waals surface area contributed by atoms with E-state index in [0.717, 1.165) is 19.4 Å². The first-order valence-electron chi connectivity index (χ1n) is 6.69. The molecule has 1 aromatic rings. The van der Waals surface area contributed by atoms with Gasteiger partial charge in [-0.2, -0.15) is 0 Å². The Labute approximate surface area is 112 Å². The number of nitrogens with zero attached hydrogens (tertiary/aromatic N) is 1. The van der Waals surface area contributed by atoms with Crippen molar-refractivity contribution in [2.24, 2.45) is 5.73 Å². The summed E-state index contributed by atoms with van der Waals surface area (Å²) in [5.41, 5.74) is 6.50. The molecule has 0 bridgehead atoms. The van der Waals surface area contributed by atoms with Crippen molar-refractivity contribution < 1.29 is 14.3 Å². The minimum atomic E-state index is -0.0162. The highest BCUT2D eigenvalue weighted by Crippen LogP contribution is 2.34. The molecule has 2 aliphatic rings. The largest absolute Gasteiger partial charge is 0.486 e. The second-order valence-electron chi connectivity index (χ2n) is 4.98. The lowest BCUT2D eigenvalue weighted by Gasteiger charge is -2.31. The molecule has 0 spiro atoms. The number of benzene rings is 1. The normalized spacial score (nSPS) is 22.2. The van der Waals surface area contributed by atoms with Crippen LogP contribution in [-0.4, -0.2) is 43.2 Å². The van der Waals surface area contributed by atoms with E-state index in [9.17, 15) is 4.79 Å². The van der Waals surface area contributed by atoms with Crippen LogP contribution in [0.4, 0.5) is 0 Å². The summed E-state index contributed by atoms with van der Waals surface area (Å²) >= 11 is 0. The van der Waals surface area contributed by atoms with Crippen LogP contribution in [0.3, 0.4) is 0 Å². The highest BCUT2D eigenvalue weighted by Gasteiger charge is 2.27. The fourth-order valence-corrected chi connectivity index (χ4v) is 2.61. The number of fused-ring (bicyclic) bond motifs is 1. The molecule has 1 unspecified atom stereocenters. The SMILES string of the molecule is NC1CCCN(C(=O)c2cccc3c2OCCO3)C1. The van der Waals surface area contributed by atoms with Gasteiger partial charge in [-0.15, -0.1) is 0 Å². The molecule has 3 rings (SSSR count). The van der Waals surface area contributed by atoms with Crippen molar-refractivity contribution in [3.8, 4) is 11.5 Å². The van der Waals surface area contributed by atoms with Gasteiger partial charge in [0.2, 0.25) is 0 Å². The first-order valence-corrected chi connectivity index (χ1v) is 6.69. The molecule has 2 aliphatic heterocycles. The average molecular weight is 262 g/mol. The molecule has 0 saturated carbocycles. The van der Waals surface area contributed by atoms with Crippen molar-refractivity contribution in [1.82, 2.24) is 4.90 Å². The second-order valence-corrected chi connectivity index (χ2v) is 4.98. The van der Waals surface area contributed by atoms with Gasteiger partial charge in [0, 0.05) is 19.1 Å². The van der Waals surface area contributed by atoms with Crippen LogP contribution < -0.4 is 15.2 Å². The molecule has 1 amide bonds. The van der Waals surface area contributed by atoms with E-state index in [4.69, 9.17) is 15.2 Å². The number of nitrogens with two attached hydrogens (primary N) is 1. The summed E-state index contributed by atoms with van der Waals surface area (Å²) in [5, 5.41) is 0. The number of likely N-dealkylation sites (tertiary alicyclic amines) is 1. The van der Waals surface area contributed by atoms with Crippen LogP contribution >= 0.6 is 0 Å². The molecule has 102 valence electrons. The third-order valence-corrected chi connectivity index (χ3v) is 3.54. The summed E-state index contributed by atoms with van der Waals surface area (Å²) in [5.74, 6) is 1.20. The second kappa shape index (κ2) is 5.09. The zero-order valence-electron chi connectivity index (χ0n) is 10.8. The van der Waals surface area contributed by atoms with Gasteiger partial charge in [-0.05, 0) is 25.0 Å². The molecular weight excluding hydrogens is 244 g/mol. The number of hydrogen-bond acceptors (Lipinski definition) is 4. The van der Waals surface area contributed by atoms with Crippen molar-refractivity contribution in [1.29, 1.82) is 0 Å². The number of piperidine rings is 1. The van der Waals surface area contributed by atoms with Gasteiger partial charge >= 0.3 is 0 Å². The van der Waals surface area contributed by atoms with E-state index in [-0.39, 0.29) is 11.9 Å². The highest BCUT2D eigenvalue weighted by atomic mass is 16.6. The molecular formula is C14H18N2O3. The van der Waals surface area contributed by atoms with Gasteiger partial charge in [-0.1, -0.05) is 6.07 Å². The molecule has 5 nitrogen and oxygen atoms in total. The number of amides is 1. The van der Waals surface area contributed by atoms with E-state index >= 15 is 0 Å². The van der Waals surface area contributed by atoms with Gasteiger partial charge < -0.3 is 20.1 Å². The summed E-state index contributed by atoms with van der Waals surface area (Å²) in [6.07, 6.45) is 1.94. The van der Waals surface area contributed by atoms with E-state index < -0.39 is 0 Å². The zero-order valence-corrected chi connectivity index (χ0v) is 10.8. The Morgan fingerprint density at radius 3 is 3.00 bits per heavy atom. The summed E-state index contributed by atoms with van der Waals surface area (Å²) in [7, 11) is 0. The first kappa shape index (κ1) is 12.3. The Morgan fingerprint density at radius 2 is 2.16 bits per heavy atom. The Kier molecular flexibility index (Phi) is 3.29. The summed E-state index contributed by atoms with van der Waals surface area (Å²) in [6, 6.07) is 5.52. The predicted molar refractivity (Wildman–Crippen MR) is 70.5 cm³/mol. The molecule has 0 radical (unpaired) electrons. The monoisotopic (exact) mass is 262 g/mol. The number of rotatable bonds is 1. The molecule has 5 heteroatoms. The van der Waals surface area contributed by atoms with E-state index in [2.05, 4.69) is 0 Å². The molecule has 2 N–H and O–H groups in total. The van der Waals surface area contributed by atoms with Gasteiger partial charge in [0.05, 0.1) is 5.56 Å². The smallest absolute Gasteiger partial charge is 0.257 e. The predicted octanol–water partition coefficient (Wildman–Crippen LogP) is 1.02. The first-order chi connectivity index (χ1) is 9.25. The van der Waals surface area contributed by atoms with Crippen LogP contribution in [0, 0.1) is 0 Å². The fourth-order valence-electron chi connectivity index (χ4n) is 2.61. The van der Waals surface area contributed by atoms with Crippen LogP contribution in [0.5, 0.6) is 11.5 Å². The van der Waals surface area contributed by atoms with Gasteiger partial charge in [0.15, 0.2) is 11.5 Å². The van der Waals surface area contributed by atoms with Crippen LogP contribution in [0.1, 0.15) is 23.2 Å². The third-order valence-electron chi connectivity index (χ3n) is 3.54. The lowest BCUT2D eigenvalue weighted by molar-refractivity contribution is 0.0698. The minimum Gasteiger partial charge on any atom is -0.486 e. The number of para-hydroxylation sites is 1. The quantitative estimate of drug-likeness (QED) is 0.820. The Hall–Kier alpha value is -1.75. The number of ether oxygens (including phenoxy) is 2. The summed E-state index contributed by atoms with van der Waals surface area (Å²) in [6.45, 7) is 2.39. The van der Waals surface area contributed by atoms with Gasteiger partial charge in [0.1, 0.15) is 13.2 Å². The lowest BCUT2D eigenvalue weighted by Crippen LogP contribution is -2.45. The lowest BCUT2D eigenvalue weighted by atomic mass is 10.0. The average Bonchev–Trinajstić information content (AvgIpc) is 2.46. The Morgan fingerprint density at radius 1 is 1.32 bits per heavy atom. The fraction of sp³-hybridized carbons (Fsp3) is 0.500. The standard InChI is InChI=1S/C14H18N2O3/c15-10-3-2-6-16(9-10)14(17)11-4-1-5-12-13(11)19-8-7-18-12/h1,4-5,10H,2-3,6-9,15H2. The van der Waals surface area contributed by atoms with Crippen molar-refractivity contribution >= 4 is 5.91 Å². The number of hydrogen-bond donors (Lipinski definition) is 1. The van der Waals surface area contributed by atoms with Crippen LogP contribution in [0.25, 0.3) is 0 Å². The third kappa shape index (κ3) is 2.38. The van der Waals surface area contributed by atoms with Gasteiger partial charge in [-0.25, -0.2) is 0 Å². The molecule has 1 aromatic carbocycles. The van der Waals surface area contributed by atoms with Crippen molar-refractivity contribution in [2.45, 2.75) is 18.9 Å². The van der Waals surface area contributed by atoms with Crippen LogP contribution in [0.15, 0.2) is 18.2 Å². The number of carbonyl (C=O) groups is 1. The Bertz CT molecular complexity index is 490. The van der Waals surface area contributed by atoms with E-state index in [1.807, 2.05) is 17.0 Å². The van der Waals surface area contributed by atoms with Crippen molar-refractivity contribution in [2.75, 3.05) is 26.3 Å². The maximum atomic E-state index is 12.6. The summed E-state index contributed by atoms with van der Waals surface area (Å²) in [4.78, 5) is 14.4. The topological polar surface area (TPSA) is 64.8 Å². The highest BCUT2D eigenvalue weighted by molar-refractivity contribution is 5.98. The van der Waals surface area contributed by atoms with Gasteiger partial charge in [0.25, 0.3) is 5.91 Å². The molecule has 1 fully saturated rings. The maximum Gasteiger partial charge on any atom is 0.257 e. The van der Waals surface area contributed by atoms with E-state index in [0.29, 0.717) is 36.8 Å². The molecule has 19 heavy (non-hydrogen) atoms. The molecule has 0 aliphatic carbocycles. The van der Waals surface area contributed by atoms with E-state index in [1.54, 1.807) is 6.07 Å². The molecule has 1 saturated heterocycles. The van der Waals surface area contributed by atoms with Crippen LogP contribution in [0.2, 0.25) is 0 Å². The van der Waals surface area contributed by atoms with Crippen LogP contribution in [-0.2, 0) is 0 Å². The van der Waals surface area contributed by atoms with Crippen molar-refractivity contribution in [3.05, 3.63) is 23.8 Å². The molecule has 2 heterocycles. The number of carbonyl (C=O) groups excluding carboxylic acids is 1.